The van der Waals surface area contributed by atoms with Crippen LogP contribution in [0.5, 0.6) is 0 Å². The summed E-state index contributed by atoms with van der Waals surface area (Å²) >= 11 is 0. The van der Waals surface area contributed by atoms with Crippen LogP contribution in [-0.2, 0) is 20.1 Å². The van der Waals surface area contributed by atoms with Gasteiger partial charge < -0.3 is 14.3 Å². The van der Waals surface area contributed by atoms with Crippen molar-refractivity contribution in [3.63, 3.8) is 0 Å². The molecule has 5 nitrogen and oxygen atoms in total. The third kappa shape index (κ3) is 2.30. The summed E-state index contributed by atoms with van der Waals surface area (Å²) in [4.78, 5) is 0. The van der Waals surface area contributed by atoms with Crippen molar-refractivity contribution >= 4 is 0 Å². The van der Waals surface area contributed by atoms with Crippen LogP contribution in [0.3, 0.4) is 0 Å². The first-order chi connectivity index (χ1) is 7.66. The summed E-state index contributed by atoms with van der Waals surface area (Å²) < 4.78 is 7.42. The molecule has 2 aromatic heterocycles. The highest BCUT2D eigenvalue weighted by Gasteiger charge is 2.04. The van der Waals surface area contributed by atoms with Gasteiger partial charge in [0.05, 0.1) is 13.1 Å². The van der Waals surface area contributed by atoms with Crippen molar-refractivity contribution in [2.24, 2.45) is 7.05 Å². The lowest BCUT2D eigenvalue weighted by Gasteiger charge is -2.02. The molecule has 0 saturated heterocycles. The van der Waals surface area contributed by atoms with E-state index in [-0.39, 0.29) is 0 Å². The molecular weight excluding hydrogens is 204 g/mol. The average molecular weight is 220 g/mol. The molecule has 0 aliphatic rings. The Hall–Kier alpha value is -1.62. The molecule has 0 bridgehead atoms. The second-order valence-corrected chi connectivity index (χ2v) is 3.84. The van der Waals surface area contributed by atoms with Crippen LogP contribution in [-0.4, -0.2) is 14.8 Å². The van der Waals surface area contributed by atoms with E-state index >= 15 is 0 Å². The smallest absolute Gasteiger partial charge is 0.146 e. The van der Waals surface area contributed by atoms with Gasteiger partial charge in [-0.2, -0.15) is 0 Å². The molecule has 0 radical (unpaired) electrons. The van der Waals surface area contributed by atoms with Crippen LogP contribution < -0.4 is 5.32 Å². The van der Waals surface area contributed by atoms with Gasteiger partial charge in [-0.3, -0.25) is 0 Å². The largest absolute Gasteiger partial charge is 0.465 e. The predicted molar refractivity (Wildman–Crippen MR) is 59.7 cm³/mol. The molecule has 2 heterocycles. The van der Waals surface area contributed by atoms with Crippen LogP contribution in [0.2, 0.25) is 0 Å². The molecule has 2 rings (SSSR count). The van der Waals surface area contributed by atoms with E-state index in [4.69, 9.17) is 4.42 Å². The maximum Gasteiger partial charge on any atom is 0.146 e. The van der Waals surface area contributed by atoms with Gasteiger partial charge in [0, 0.05) is 7.05 Å². The minimum absolute atomic E-state index is 0.692. The highest BCUT2D eigenvalue weighted by molar-refractivity contribution is 5.05. The van der Waals surface area contributed by atoms with Gasteiger partial charge in [0.15, 0.2) is 0 Å². The van der Waals surface area contributed by atoms with E-state index < -0.39 is 0 Å². The number of furan rings is 1. The Morgan fingerprint density at radius 1 is 1.25 bits per heavy atom. The highest BCUT2D eigenvalue weighted by Crippen LogP contribution is 2.05. The van der Waals surface area contributed by atoms with Crippen molar-refractivity contribution in [2.45, 2.75) is 26.9 Å². The highest BCUT2D eigenvalue weighted by atomic mass is 16.3. The summed E-state index contributed by atoms with van der Waals surface area (Å²) in [6, 6.07) is 3.94. The first-order valence-corrected chi connectivity index (χ1v) is 5.27. The molecule has 0 atom stereocenters. The minimum Gasteiger partial charge on any atom is -0.465 e. The first-order valence-electron chi connectivity index (χ1n) is 5.27. The number of aryl methyl sites for hydroxylation is 2. The van der Waals surface area contributed by atoms with Crippen LogP contribution in [0.15, 0.2) is 16.5 Å². The van der Waals surface area contributed by atoms with Gasteiger partial charge in [0.1, 0.15) is 23.2 Å². The molecule has 0 aliphatic carbocycles. The lowest BCUT2D eigenvalue weighted by Crippen LogP contribution is -2.15. The van der Waals surface area contributed by atoms with E-state index in [0.29, 0.717) is 13.1 Å². The molecule has 0 aliphatic heterocycles. The molecule has 0 amide bonds. The van der Waals surface area contributed by atoms with E-state index in [9.17, 15) is 0 Å². The van der Waals surface area contributed by atoms with Crippen LogP contribution in [0.4, 0.5) is 0 Å². The molecule has 16 heavy (non-hydrogen) atoms. The summed E-state index contributed by atoms with van der Waals surface area (Å²) in [5.74, 6) is 3.73. The zero-order chi connectivity index (χ0) is 11.5. The fourth-order valence-corrected chi connectivity index (χ4v) is 1.48. The van der Waals surface area contributed by atoms with Gasteiger partial charge >= 0.3 is 0 Å². The van der Waals surface area contributed by atoms with Crippen molar-refractivity contribution in [3.05, 3.63) is 35.3 Å². The van der Waals surface area contributed by atoms with Crippen molar-refractivity contribution in [3.8, 4) is 0 Å². The Kier molecular flexibility index (Phi) is 3.05. The van der Waals surface area contributed by atoms with Crippen LogP contribution in [0.25, 0.3) is 0 Å². The van der Waals surface area contributed by atoms with Gasteiger partial charge in [-0.25, -0.2) is 0 Å². The predicted octanol–water partition coefficient (Wildman–Crippen LogP) is 1.31. The number of hydrogen-bond acceptors (Lipinski definition) is 4. The van der Waals surface area contributed by atoms with Crippen molar-refractivity contribution in [1.29, 1.82) is 0 Å². The lowest BCUT2D eigenvalue weighted by atomic mass is 10.4. The van der Waals surface area contributed by atoms with Crippen molar-refractivity contribution in [2.75, 3.05) is 0 Å². The normalized spacial score (nSPS) is 10.9. The third-order valence-electron chi connectivity index (χ3n) is 2.56. The Bertz CT molecular complexity index is 472. The molecule has 0 spiro atoms. The van der Waals surface area contributed by atoms with Crippen LogP contribution in [0, 0.1) is 13.8 Å². The number of rotatable bonds is 4. The van der Waals surface area contributed by atoms with Crippen LogP contribution in [0.1, 0.15) is 23.2 Å². The fraction of sp³-hybridized carbons (Fsp3) is 0.455. The second kappa shape index (κ2) is 4.49. The summed E-state index contributed by atoms with van der Waals surface area (Å²) in [5.41, 5.74) is 0. The molecule has 0 unspecified atom stereocenters. The van der Waals surface area contributed by atoms with E-state index in [1.165, 1.54) is 0 Å². The van der Waals surface area contributed by atoms with Crippen molar-refractivity contribution < 1.29 is 4.42 Å². The SMILES string of the molecule is Cc1ccc(CNCc2nnc(C)n2C)o1. The van der Waals surface area contributed by atoms with Crippen molar-refractivity contribution in [1.82, 2.24) is 20.1 Å². The van der Waals surface area contributed by atoms with E-state index in [2.05, 4.69) is 15.5 Å². The summed E-state index contributed by atoms with van der Waals surface area (Å²) in [6.45, 7) is 5.28. The maximum absolute atomic E-state index is 5.45. The molecule has 0 aromatic carbocycles. The lowest BCUT2D eigenvalue weighted by molar-refractivity contribution is 0.458. The van der Waals surface area contributed by atoms with Gasteiger partial charge in [-0.05, 0) is 26.0 Å². The Morgan fingerprint density at radius 3 is 2.62 bits per heavy atom. The fourth-order valence-electron chi connectivity index (χ4n) is 1.48. The third-order valence-corrected chi connectivity index (χ3v) is 2.56. The Balaban J connectivity index is 1.86. The average Bonchev–Trinajstić information content (AvgIpc) is 2.79. The quantitative estimate of drug-likeness (QED) is 0.844. The standard InChI is InChI=1S/C11H16N4O/c1-8-4-5-10(16-8)6-12-7-11-14-13-9(2)15(11)3/h4-5,12H,6-7H2,1-3H3. The molecule has 0 fully saturated rings. The monoisotopic (exact) mass is 220 g/mol. The van der Waals surface area contributed by atoms with E-state index in [1.54, 1.807) is 0 Å². The Morgan fingerprint density at radius 2 is 2.06 bits per heavy atom. The summed E-state index contributed by atoms with van der Waals surface area (Å²) in [7, 11) is 1.96. The first kappa shape index (κ1) is 10.9. The maximum atomic E-state index is 5.45. The van der Waals surface area contributed by atoms with Crippen LogP contribution >= 0.6 is 0 Å². The Labute approximate surface area is 94.5 Å². The summed E-state index contributed by atoms with van der Waals surface area (Å²) in [5, 5.41) is 11.3. The molecule has 5 heteroatoms. The van der Waals surface area contributed by atoms with Gasteiger partial charge in [0.25, 0.3) is 0 Å². The molecule has 1 N–H and O–H groups in total. The van der Waals surface area contributed by atoms with Gasteiger partial charge in [-0.1, -0.05) is 0 Å². The molecule has 0 saturated carbocycles. The van der Waals surface area contributed by atoms with Gasteiger partial charge in [0.2, 0.25) is 0 Å². The van der Waals surface area contributed by atoms with E-state index in [1.807, 2.05) is 37.6 Å². The second-order valence-electron chi connectivity index (χ2n) is 3.84. The topological polar surface area (TPSA) is 55.9 Å². The zero-order valence-corrected chi connectivity index (χ0v) is 9.82. The molecule has 2 aromatic rings. The number of nitrogens with one attached hydrogen (secondary N) is 1. The number of aromatic nitrogens is 3. The number of nitrogens with zero attached hydrogens (tertiary/aromatic N) is 3. The van der Waals surface area contributed by atoms with Gasteiger partial charge in [-0.15, -0.1) is 10.2 Å². The molecule has 86 valence electrons. The molecular formula is C11H16N4O. The minimum atomic E-state index is 0.692. The number of hydrogen-bond donors (Lipinski definition) is 1. The van der Waals surface area contributed by atoms with E-state index in [0.717, 1.165) is 23.2 Å². The zero-order valence-electron chi connectivity index (χ0n) is 9.82. The summed E-state index contributed by atoms with van der Waals surface area (Å²) in [6.07, 6.45) is 0.